The summed E-state index contributed by atoms with van der Waals surface area (Å²) in [6.45, 7) is 10.4. The zero-order chi connectivity index (χ0) is 34.1. The molecule has 0 aliphatic carbocycles. The quantitative estimate of drug-likeness (QED) is 0.0865. The third-order valence-electron chi connectivity index (χ3n) is 9.62. The van der Waals surface area contributed by atoms with E-state index in [-0.39, 0.29) is 48.3 Å². The van der Waals surface area contributed by atoms with Crippen LogP contribution in [0, 0.1) is 22.0 Å². The van der Waals surface area contributed by atoms with E-state index in [1.54, 1.807) is 4.90 Å². The van der Waals surface area contributed by atoms with Gasteiger partial charge >= 0.3 is 24.0 Å². The molecule has 0 radical (unpaired) electrons. The highest BCUT2D eigenvalue weighted by molar-refractivity contribution is 6.73. The molecule has 12 nitrogen and oxygen atoms in total. The summed E-state index contributed by atoms with van der Waals surface area (Å²) < 4.78 is 50.2. The molecule has 2 fully saturated rings. The number of alkyl halides is 3. The Labute approximate surface area is 265 Å². The Bertz CT molecular complexity index is 1410. The molecule has 3 heterocycles. The SMILES string of the molecule is CC[Si](CC)(CC)O[C@H](C)C1C(=O)N2C(C(=O)OC(=O)c3ccc([N+](=O)[O-])cc3)=C(CN3CC[C@H](NC(=O)C(F)(F)F)C3)[C@H](C)[C@H]12. The molecule has 3 aliphatic heterocycles. The highest BCUT2D eigenvalue weighted by Gasteiger charge is 2.61. The lowest BCUT2D eigenvalue weighted by atomic mass is 9.77. The molecule has 1 aromatic carbocycles. The third kappa shape index (κ3) is 6.88. The number of non-ortho nitro benzene ring substituents is 1. The number of carbonyl (C=O) groups excluding carboxylic acids is 4. The van der Waals surface area contributed by atoms with Crippen LogP contribution < -0.4 is 5.32 Å². The van der Waals surface area contributed by atoms with Crippen molar-refractivity contribution in [3.8, 4) is 0 Å². The molecule has 0 spiro atoms. The molecule has 0 bridgehead atoms. The van der Waals surface area contributed by atoms with Crippen LogP contribution in [-0.2, 0) is 23.5 Å². The van der Waals surface area contributed by atoms with Crippen molar-refractivity contribution in [1.82, 2.24) is 15.1 Å². The van der Waals surface area contributed by atoms with Crippen LogP contribution in [0.1, 0.15) is 51.4 Å². The van der Waals surface area contributed by atoms with Gasteiger partial charge in [0.1, 0.15) is 5.70 Å². The van der Waals surface area contributed by atoms with Gasteiger partial charge in [0, 0.05) is 43.7 Å². The number of amides is 2. The minimum absolute atomic E-state index is 0.0846. The normalized spacial score (nSPS) is 24.0. The second kappa shape index (κ2) is 13.6. The predicted octanol–water partition coefficient (Wildman–Crippen LogP) is 4.17. The van der Waals surface area contributed by atoms with Gasteiger partial charge in [0.15, 0.2) is 8.32 Å². The average Bonchev–Trinajstić information content (AvgIpc) is 3.55. The third-order valence-corrected chi connectivity index (χ3v) is 14.4. The monoisotopic (exact) mass is 668 g/mol. The second-order valence-corrected chi connectivity index (χ2v) is 16.8. The number of carbonyl (C=O) groups is 4. The van der Waals surface area contributed by atoms with Gasteiger partial charge in [-0.05, 0) is 49.2 Å². The van der Waals surface area contributed by atoms with Gasteiger partial charge in [-0.1, -0.05) is 27.7 Å². The first-order chi connectivity index (χ1) is 21.6. The number of rotatable bonds is 12. The largest absolute Gasteiger partial charge is 0.471 e. The molecule has 2 saturated heterocycles. The number of hydrogen-bond donors (Lipinski definition) is 1. The lowest BCUT2D eigenvalue weighted by molar-refractivity contribution is -0.384. The van der Waals surface area contributed by atoms with E-state index >= 15 is 0 Å². The number of nitro benzene ring substituents is 1. The first-order valence-electron chi connectivity index (χ1n) is 15.4. The Hall–Kier alpha value is -3.63. The minimum atomic E-state index is -5.02. The van der Waals surface area contributed by atoms with E-state index in [2.05, 4.69) is 20.8 Å². The van der Waals surface area contributed by atoms with Crippen molar-refractivity contribution in [2.45, 2.75) is 83.5 Å². The fourth-order valence-electron chi connectivity index (χ4n) is 6.81. The average molecular weight is 669 g/mol. The van der Waals surface area contributed by atoms with Gasteiger partial charge in [0.2, 0.25) is 5.91 Å². The van der Waals surface area contributed by atoms with Crippen molar-refractivity contribution in [2.75, 3.05) is 19.6 Å². The molecular weight excluding hydrogens is 629 g/mol. The van der Waals surface area contributed by atoms with E-state index in [4.69, 9.17) is 9.16 Å². The van der Waals surface area contributed by atoms with Gasteiger partial charge < -0.3 is 19.4 Å². The summed E-state index contributed by atoms with van der Waals surface area (Å²) in [5, 5.41) is 13.0. The summed E-state index contributed by atoms with van der Waals surface area (Å²) in [6.07, 6.45) is -5.20. The number of fused-ring (bicyclic) bond motifs is 1. The van der Waals surface area contributed by atoms with E-state index in [1.807, 2.05) is 19.2 Å². The Morgan fingerprint density at radius 1 is 1.11 bits per heavy atom. The molecule has 3 aliphatic rings. The number of benzene rings is 1. The predicted molar refractivity (Wildman–Crippen MR) is 161 cm³/mol. The van der Waals surface area contributed by atoms with Crippen molar-refractivity contribution < 1.29 is 46.4 Å². The van der Waals surface area contributed by atoms with Gasteiger partial charge in [-0.25, -0.2) is 9.59 Å². The zero-order valence-electron chi connectivity index (χ0n) is 26.4. The Morgan fingerprint density at radius 3 is 2.26 bits per heavy atom. The first kappa shape index (κ1) is 35.2. The van der Waals surface area contributed by atoms with E-state index in [9.17, 15) is 42.5 Å². The summed E-state index contributed by atoms with van der Waals surface area (Å²) in [6, 6.07) is 5.90. The van der Waals surface area contributed by atoms with Gasteiger partial charge in [-0.2, -0.15) is 13.2 Å². The summed E-state index contributed by atoms with van der Waals surface area (Å²) in [4.78, 5) is 65.1. The van der Waals surface area contributed by atoms with Gasteiger partial charge in [-0.3, -0.25) is 24.6 Å². The Balaban J connectivity index is 1.59. The molecule has 1 N–H and O–H groups in total. The molecule has 16 heteroatoms. The van der Waals surface area contributed by atoms with Crippen LogP contribution in [0.15, 0.2) is 35.5 Å². The lowest BCUT2D eigenvalue weighted by Crippen LogP contribution is -2.65. The summed E-state index contributed by atoms with van der Waals surface area (Å²) in [5.41, 5.74) is 0.0168. The number of likely N-dealkylation sites (tertiary alicyclic amines) is 1. The van der Waals surface area contributed by atoms with Gasteiger partial charge in [0.05, 0.1) is 28.6 Å². The summed E-state index contributed by atoms with van der Waals surface area (Å²) in [5.74, 6) is -5.46. The van der Waals surface area contributed by atoms with Crippen molar-refractivity contribution in [3.63, 3.8) is 0 Å². The second-order valence-electron chi connectivity index (χ2n) is 12.1. The van der Waals surface area contributed by atoms with E-state index in [1.165, 1.54) is 4.90 Å². The smallest absolute Gasteiger partial charge is 0.413 e. The fourth-order valence-corrected chi connectivity index (χ4v) is 9.75. The molecule has 4 rings (SSSR count). The maximum absolute atomic E-state index is 13.7. The number of nitrogens with one attached hydrogen (secondary N) is 1. The maximum Gasteiger partial charge on any atom is 0.471 e. The molecule has 2 amide bonds. The zero-order valence-corrected chi connectivity index (χ0v) is 27.4. The van der Waals surface area contributed by atoms with Crippen LogP contribution in [-0.4, -0.2) is 90.8 Å². The van der Waals surface area contributed by atoms with Crippen molar-refractivity contribution in [2.24, 2.45) is 11.8 Å². The van der Waals surface area contributed by atoms with Crippen LogP contribution >= 0.6 is 0 Å². The molecular formula is C30H39F3N4O8Si. The standard InChI is InChI=1S/C30H39F3N4O8Si/c1-6-46(7-2,8-3)45-18(5)23-24-17(4)22(16-35-14-13-20(15-35)34-29(41)30(31,32)33)25(36(24)26(23)38)28(40)44-27(39)19-9-11-21(12-10-19)37(42)43/h9-12,17-18,20,23-24H,6-8,13-16H2,1-5H3,(H,34,41)/t17-,18+,20-,23?,24+/m0/s1. The van der Waals surface area contributed by atoms with Gasteiger partial charge in [0.25, 0.3) is 5.69 Å². The fraction of sp³-hybridized carbons (Fsp3) is 0.600. The van der Waals surface area contributed by atoms with Crippen LogP contribution in [0.3, 0.4) is 0 Å². The molecule has 46 heavy (non-hydrogen) atoms. The number of ether oxygens (including phenoxy) is 1. The van der Waals surface area contributed by atoms with Crippen LogP contribution in [0.2, 0.25) is 18.1 Å². The molecule has 1 aromatic rings. The van der Waals surface area contributed by atoms with Crippen LogP contribution in [0.4, 0.5) is 18.9 Å². The van der Waals surface area contributed by atoms with E-state index in [0.29, 0.717) is 12.1 Å². The van der Waals surface area contributed by atoms with Crippen molar-refractivity contribution >= 4 is 37.8 Å². The molecule has 252 valence electrons. The minimum Gasteiger partial charge on any atom is -0.413 e. The van der Waals surface area contributed by atoms with Gasteiger partial charge in [-0.15, -0.1) is 0 Å². The molecule has 5 atom stereocenters. The summed E-state index contributed by atoms with van der Waals surface area (Å²) >= 11 is 0. The van der Waals surface area contributed by atoms with E-state index in [0.717, 1.165) is 42.4 Å². The van der Waals surface area contributed by atoms with Crippen LogP contribution in [0.5, 0.6) is 0 Å². The summed E-state index contributed by atoms with van der Waals surface area (Å²) in [7, 11) is -2.10. The molecule has 0 aromatic heterocycles. The molecule has 1 unspecified atom stereocenters. The van der Waals surface area contributed by atoms with Crippen LogP contribution in [0.25, 0.3) is 0 Å². The maximum atomic E-state index is 13.7. The van der Waals surface area contributed by atoms with Crippen molar-refractivity contribution in [3.05, 3.63) is 51.2 Å². The number of nitrogens with zero attached hydrogens (tertiary/aromatic N) is 3. The lowest BCUT2D eigenvalue weighted by Gasteiger charge is -2.49. The highest BCUT2D eigenvalue weighted by Crippen LogP contribution is 2.49. The topological polar surface area (TPSA) is 148 Å². The first-order valence-corrected chi connectivity index (χ1v) is 17.9. The number of hydrogen-bond acceptors (Lipinski definition) is 9. The number of esters is 2. The molecule has 0 saturated carbocycles. The Morgan fingerprint density at radius 2 is 1.72 bits per heavy atom. The van der Waals surface area contributed by atoms with Crippen molar-refractivity contribution in [1.29, 1.82) is 0 Å². The van der Waals surface area contributed by atoms with E-state index < -0.39 is 61.4 Å². The number of nitro groups is 1. The number of halogens is 3. The number of β-lactam (4-membered cyclic amide) rings is 1. The Kier molecular flexibility index (Phi) is 10.4. The highest BCUT2D eigenvalue weighted by atomic mass is 28.4.